The minimum absolute atomic E-state index is 0.183. The number of fused-ring (bicyclic) bond motifs is 1. The fourth-order valence-electron chi connectivity index (χ4n) is 3.25. The van der Waals surface area contributed by atoms with Gasteiger partial charge in [0.15, 0.2) is 11.2 Å². The van der Waals surface area contributed by atoms with E-state index in [0.29, 0.717) is 11.5 Å². The molecule has 1 amide bonds. The molecule has 4 rings (SSSR count). The topological polar surface area (TPSA) is 173 Å². The Hall–Kier alpha value is -5.24. The molecule has 0 bridgehead atoms. The number of esters is 2. The van der Waals surface area contributed by atoms with Gasteiger partial charge in [0.25, 0.3) is 5.56 Å². The summed E-state index contributed by atoms with van der Waals surface area (Å²) in [6.45, 7) is -7.08. The zero-order chi connectivity index (χ0) is 33.9. The van der Waals surface area contributed by atoms with E-state index in [1.54, 1.807) is 0 Å². The van der Waals surface area contributed by atoms with Crippen molar-refractivity contribution < 1.29 is 44.9 Å². The van der Waals surface area contributed by atoms with Crippen LogP contribution in [0.5, 0.6) is 11.5 Å². The number of ether oxygens (including phenoxy) is 5. The van der Waals surface area contributed by atoms with Crippen LogP contribution < -0.4 is 20.3 Å². The highest BCUT2D eigenvalue weighted by Gasteiger charge is 2.19. The number of aromatic nitrogens is 4. The first-order valence-electron chi connectivity index (χ1n) is 14.2. The molecule has 0 atom stereocenters. The standard InChI is InChI=1S/C27H27N5O9/c1-16(33)29-27-30-23-22(24(34)31-27)28-14-32(23)15-41-21(12-39-25(35)17-4-8-19(37-2)9-5-17)13-40-26(36)18-6-10-20(38-3)11-7-18/h4-11,14,21H,12-13,15H2,1-3H3,(H2,29,30,31,33,34)/i12D2,13D2,21D. The average Bonchev–Trinajstić information content (AvgIpc) is 3.42. The average molecular weight is 571 g/mol. The molecule has 0 fully saturated rings. The van der Waals surface area contributed by atoms with Crippen molar-refractivity contribution in [2.45, 2.75) is 19.7 Å². The number of hydrogen-bond acceptors (Lipinski definition) is 11. The van der Waals surface area contributed by atoms with Gasteiger partial charge in [0, 0.05) is 6.92 Å². The maximum Gasteiger partial charge on any atom is 0.338 e. The molecular weight excluding hydrogens is 538 g/mol. The zero-order valence-electron chi connectivity index (χ0n) is 26.9. The molecule has 4 aromatic rings. The molecule has 0 unspecified atom stereocenters. The third-order valence-corrected chi connectivity index (χ3v) is 5.24. The normalized spacial score (nSPS) is 13.6. The number of nitrogens with one attached hydrogen (secondary N) is 2. The van der Waals surface area contributed by atoms with Crippen molar-refractivity contribution in [1.82, 2.24) is 19.5 Å². The van der Waals surface area contributed by atoms with Crippen molar-refractivity contribution in [3.63, 3.8) is 0 Å². The van der Waals surface area contributed by atoms with Gasteiger partial charge < -0.3 is 23.7 Å². The van der Waals surface area contributed by atoms with Crippen LogP contribution in [0.3, 0.4) is 0 Å². The SMILES string of the molecule is [2H]C([2H])(OC(=O)c1ccc(OC)cc1)C([2H])(OCn1cnc2c(=O)[nH]c(NC(C)=O)nc21)C([2H])([2H])OC(=O)c1ccc(OC)cc1. The Bertz CT molecular complexity index is 1740. The summed E-state index contributed by atoms with van der Waals surface area (Å²) in [4.78, 5) is 60.0. The Morgan fingerprint density at radius 3 is 2.00 bits per heavy atom. The first kappa shape index (κ1) is 22.6. The monoisotopic (exact) mass is 570 g/mol. The number of carbonyl (C=O) groups excluding carboxylic acids is 3. The Morgan fingerprint density at radius 1 is 0.976 bits per heavy atom. The van der Waals surface area contributed by atoms with Crippen LogP contribution in [0, 0.1) is 0 Å². The van der Waals surface area contributed by atoms with E-state index in [4.69, 9.17) is 30.5 Å². The number of benzene rings is 2. The number of rotatable bonds is 12. The van der Waals surface area contributed by atoms with Gasteiger partial charge in [-0.1, -0.05) is 0 Å². The summed E-state index contributed by atoms with van der Waals surface area (Å²) in [6.07, 6.45) is -2.62. The van der Waals surface area contributed by atoms with Crippen molar-refractivity contribution in [2.75, 3.05) is 32.7 Å². The summed E-state index contributed by atoms with van der Waals surface area (Å²) >= 11 is 0. The molecule has 0 aliphatic rings. The smallest absolute Gasteiger partial charge is 0.338 e. The third-order valence-electron chi connectivity index (χ3n) is 5.24. The van der Waals surface area contributed by atoms with Crippen LogP contribution in [-0.2, 0) is 25.7 Å². The van der Waals surface area contributed by atoms with E-state index >= 15 is 0 Å². The molecule has 0 radical (unpaired) electrons. The van der Waals surface area contributed by atoms with Gasteiger partial charge in [0.1, 0.15) is 37.4 Å². The van der Waals surface area contributed by atoms with Gasteiger partial charge in [-0.25, -0.2) is 14.6 Å². The molecule has 0 saturated carbocycles. The molecule has 14 nitrogen and oxygen atoms in total. The Labute approximate surface area is 240 Å². The van der Waals surface area contributed by atoms with Crippen LogP contribution in [0.25, 0.3) is 11.2 Å². The van der Waals surface area contributed by atoms with Gasteiger partial charge in [0.2, 0.25) is 11.9 Å². The zero-order valence-corrected chi connectivity index (χ0v) is 21.9. The van der Waals surface area contributed by atoms with E-state index in [1.165, 1.54) is 69.7 Å². The first-order chi connectivity index (χ1) is 21.6. The molecule has 0 spiro atoms. The lowest BCUT2D eigenvalue weighted by Crippen LogP contribution is -2.29. The fraction of sp³-hybridized carbons (Fsp3) is 0.259. The molecule has 2 aromatic carbocycles. The van der Waals surface area contributed by atoms with Gasteiger partial charge in [-0.2, -0.15) is 4.98 Å². The Balaban J connectivity index is 1.70. The van der Waals surface area contributed by atoms with E-state index in [9.17, 15) is 19.2 Å². The lowest BCUT2D eigenvalue weighted by molar-refractivity contribution is -0.114. The lowest BCUT2D eigenvalue weighted by atomic mass is 10.2. The van der Waals surface area contributed by atoms with Gasteiger partial charge in [-0.05, 0) is 48.5 Å². The Kier molecular flexibility index (Phi) is 7.27. The van der Waals surface area contributed by atoms with E-state index in [0.717, 1.165) is 10.9 Å². The summed E-state index contributed by atoms with van der Waals surface area (Å²) in [5.41, 5.74) is -1.58. The molecule has 2 heterocycles. The van der Waals surface area contributed by atoms with Gasteiger partial charge >= 0.3 is 11.9 Å². The molecule has 14 heteroatoms. The second kappa shape index (κ2) is 13.2. The summed E-state index contributed by atoms with van der Waals surface area (Å²) in [7, 11) is 2.78. The van der Waals surface area contributed by atoms with E-state index in [2.05, 4.69) is 20.3 Å². The van der Waals surface area contributed by atoms with Crippen LogP contribution in [0.15, 0.2) is 59.7 Å². The summed E-state index contributed by atoms with van der Waals surface area (Å²) in [5, 5.41) is 2.29. The molecule has 2 N–H and O–H groups in total. The summed E-state index contributed by atoms with van der Waals surface area (Å²) < 4.78 is 69.4. The second-order valence-electron chi connectivity index (χ2n) is 8.03. The van der Waals surface area contributed by atoms with Crippen LogP contribution in [-0.4, -0.2) is 70.8 Å². The fourth-order valence-corrected chi connectivity index (χ4v) is 3.25. The number of nitrogens with zero attached hydrogens (tertiary/aromatic N) is 3. The van der Waals surface area contributed by atoms with Gasteiger partial charge in [-0.3, -0.25) is 24.5 Å². The molecule has 2 aromatic heterocycles. The third kappa shape index (κ3) is 7.45. The number of aromatic amines is 1. The minimum Gasteiger partial charge on any atom is -0.497 e. The predicted octanol–water partition coefficient (Wildman–Crippen LogP) is 2.15. The number of imidazole rings is 1. The molecule has 214 valence electrons. The van der Waals surface area contributed by atoms with Crippen molar-refractivity contribution in [1.29, 1.82) is 0 Å². The number of methoxy groups -OCH3 is 2. The molecule has 41 heavy (non-hydrogen) atoms. The summed E-state index contributed by atoms with van der Waals surface area (Å²) in [5.74, 6) is -2.70. The van der Waals surface area contributed by atoms with Gasteiger partial charge in [-0.15, -0.1) is 0 Å². The van der Waals surface area contributed by atoms with Crippen LogP contribution in [0.4, 0.5) is 5.95 Å². The van der Waals surface area contributed by atoms with Crippen LogP contribution in [0.1, 0.15) is 34.5 Å². The number of H-pyrrole nitrogens is 1. The molecular formula is C27H27N5O9. The second-order valence-corrected chi connectivity index (χ2v) is 8.03. The summed E-state index contributed by atoms with van der Waals surface area (Å²) in [6, 6.07) is 10.5. The van der Waals surface area contributed by atoms with Crippen molar-refractivity contribution >= 4 is 35.0 Å². The van der Waals surface area contributed by atoms with Crippen LogP contribution >= 0.6 is 0 Å². The molecule has 0 saturated heterocycles. The highest BCUT2D eigenvalue weighted by molar-refractivity contribution is 5.90. The molecule has 0 aliphatic heterocycles. The minimum atomic E-state index is -3.66. The number of hydrogen-bond donors (Lipinski definition) is 2. The largest absolute Gasteiger partial charge is 0.497 e. The first-order valence-corrected chi connectivity index (χ1v) is 11.7. The lowest BCUT2D eigenvalue weighted by Gasteiger charge is -2.19. The highest BCUT2D eigenvalue weighted by Crippen LogP contribution is 2.15. The van der Waals surface area contributed by atoms with E-state index < -0.39 is 49.3 Å². The highest BCUT2D eigenvalue weighted by atomic mass is 16.6. The molecule has 0 aliphatic carbocycles. The number of anilines is 1. The predicted molar refractivity (Wildman–Crippen MR) is 144 cm³/mol. The Morgan fingerprint density at radius 2 is 1.51 bits per heavy atom. The van der Waals surface area contributed by atoms with Crippen molar-refractivity contribution in [3.8, 4) is 11.5 Å². The quantitative estimate of drug-likeness (QED) is 0.239. The van der Waals surface area contributed by atoms with Crippen molar-refractivity contribution in [3.05, 3.63) is 76.3 Å². The number of amides is 1. The van der Waals surface area contributed by atoms with E-state index in [-0.39, 0.29) is 28.2 Å². The maximum atomic E-state index is 12.9. The van der Waals surface area contributed by atoms with Crippen LogP contribution in [0.2, 0.25) is 0 Å². The number of carbonyl (C=O) groups is 3. The maximum absolute atomic E-state index is 12.9. The van der Waals surface area contributed by atoms with Gasteiger partial charge in [0.05, 0.1) is 38.5 Å². The van der Waals surface area contributed by atoms with E-state index in [1.807, 2.05) is 0 Å². The van der Waals surface area contributed by atoms with Crippen molar-refractivity contribution in [2.24, 2.45) is 0 Å².